The second kappa shape index (κ2) is 5.10. The van der Waals surface area contributed by atoms with Crippen molar-refractivity contribution in [1.29, 1.82) is 0 Å². The number of hydrogen-bond donors (Lipinski definition) is 1. The van der Waals surface area contributed by atoms with Crippen LogP contribution in [0.5, 0.6) is 0 Å². The molecule has 1 saturated carbocycles. The third-order valence-electron chi connectivity index (χ3n) is 4.33. The Morgan fingerprint density at radius 1 is 1.11 bits per heavy atom. The molecule has 3 rings (SSSR count). The zero-order chi connectivity index (χ0) is 13.3. The second-order valence-corrected chi connectivity index (χ2v) is 6.81. The summed E-state index contributed by atoms with van der Waals surface area (Å²) < 4.78 is 0. The zero-order valence-corrected chi connectivity index (χ0v) is 12.2. The lowest BCUT2D eigenvalue weighted by Gasteiger charge is -2.23. The third-order valence-corrected chi connectivity index (χ3v) is 5.59. The zero-order valence-electron chi connectivity index (χ0n) is 11.4. The fraction of sp³-hybridized carbons (Fsp3) is 0.412. The molecule has 0 aliphatic heterocycles. The van der Waals surface area contributed by atoms with Crippen molar-refractivity contribution in [2.45, 2.75) is 44.1 Å². The lowest BCUT2D eigenvalue weighted by molar-refractivity contribution is 0.517. The van der Waals surface area contributed by atoms with Gasteiger partial charge in [0.15, 0.2) is 0 Å². The van der Waals surface area contributed by atoms with E-state index >= 15 is 0 Å². The summed E-state index contributed by atoms with van der Waals surface area (Å²) in [5, 5.41) is 0. The first-order valence-corrected chi connectivity index (χ1v) is 7.95. The summed E-state index contributed by atoms with van der Waals surface area (Å²) >= 11 is 1.92. The van der Waals surface area contributed by atoms with E-state index < -0.39 is 0 Å². The Labute approximate surface area is 119 Å². The number of nitrogens with two attached hydrogens (primary N) is 1. The normalized spacial score (nSPS) is 18.2. The van der Waals surface area contributed by atoms with Gasteiger partial charge in [0.05, 0.1) is 0 Å². The van der Waals surface area contributed by atoms with Crippen molar-refractivity contribution in [2.24, 2.45) is 5.73 Å². The number of thiophene rings is 1. The summed E-state index contributed by atoms with van der Waals surface area (Å²) in [6.45, 7) is 2.21. The molecule has 1 aliphatic carbocycles. The molecule has 1 aromatic carbocycles. The Morgan fingerprint density at radius 2 is 1.79 bits per heavy atom. The molecule has 1 aromatic heterocycles. The summed E-state index contributed by atoms with van der Waals surface area (Å²) in [5.41, 5.74) is 8.21. The molecule has 2 N–H and O–H groups in total. The van der Waals surface area contributed by atoms with E-state index in [2.05, 4.69) is 49.4 Å². The van der Waals surface area contributed by atoms with Crippen LogP contribution >= 0.6 is 11.3 Å². The van der Waals surface area contributed by atoms with E-state index in [1.807, 2.05) is 11.3 Å². The van der Waals surface area contributed by atoms with Crippen LogP contribution in [-0.2, 0) is 18.3 Å². The molecule has 1 fully saturated rings. The van der Waals surface area contributed by atoms with Gasteiger partial charge in [0.2, 0.25) is 0 Å². The minimum atomic E-state index is 0.248. The van der Waals surface area contributed by atoms with Gasteiger partial charge < -0.3 is 5.73 Å². The van der Waals surface area contributed by atoms with Crippen molar-refractivity contribution in [1.82, 2.24) is 0 Å². The molecule has 1 aliphatic rings. The number of benzene rings is 1. The van der Waals surface area contributed by atoms with E-state index in [1.165, 1.54) is 28.2 Å². The third kappa shape index (κ3) is 2.47. The SMILES string of the molecule is CCc1ccc(CC(N)C2(c3ccccc3)CC2)s1. The highest BCUT2D eigenvalue weighted by molar-refractivity contribution is 7.11. The maximum absolute atomic E-state index is 6.54. The average Bonchev–Trinajstić information content (AvgIpc) is 3.15. The van der Waals surface area contributed by atoms with E-state index in [9.17, 15) is 0 Å². The molecule has 0 bridgehead atoms. The number of aryl methyl sites for hydroxylation is 1. The lowest BCUT2D eigenvalue weighted by atomic mass is 9.86. The fourth-order valence-corrected chi connectivity index (χ4v) is 3.93. The number of hydrogen-bond acceptors (Lipinski definition) is 2. The van der Waals surface area contributed by atoms with Crippen molar-refractivity contribution in [3.63, 3.8) is 0 Å². The average molecular weight is 271 g/mol. The maximum atomic E-state index is 6.54. The highest BCUT2D eigenvalue weighted by atomic mass is 32.1. The first kappa shape index (κ1) is 12.9. The summed E-state index contributed by atoms with van der Waals surface area (Å²) in [5.74, 6) is 0. The van der Waals surface area contributed by atoms with E-state index in [0.29, 0.717) is 0 Å². The molecular formula is C17H21NS. The van der Waals surface area contributed by atoms with Crippen LogP contribution in [0.15, 0.2) is 42.5 Å². The van der Waals surface area contributed by atoms with E-state index in [0.717, 1.165) is 12.8 Å². The van der Waals surface area contributed by atoms with Crippen LogP contribution in [-0.4, -0.2) is 6.04 Å². The van der Waals surface area contributed by atoms with E-state index in [1.54, 1.807) is 0 Å². The largest absolute Gasteiger partial charge is 0.327 e. The van der Waals surface area contributed by atoms with Gasteiger partial charge in [-0.15, -0.1) is 11.3 Å². The van der Waals surface area contributed by atoms with Crippen molar-refractivity contribution < 1.29 is 0 Å². The quantitative estimate of drug-likeness (QED) is 0.876. The van der Waals surface area contributed by atoms with Gasteiger partial charge in [-0.05, 0) is 43.4 Å². The molecule has 0 amide bonds. The van der Waals surface area contributed by atoms with Crippen LogP contribution in [0.4, 0.5) is 0 Å². The minimum absolute atomic E-state index is 0.248. The Bertz CT molecular complexity index is 539. The summed E-state index contributed by atoms with van der Waals surface area (Å²) in [4.78, 5) is 2.90. The molecule has 1 unspecified atom stereocenters. The molecule has 2 aromatic rings. The minimum Gasteiger partial charge on any atom is -0.327 e. The number of rotatable bonds is 5. The molecule has 0 saturated heterocycles. The second-order valence-electron chi connectivity index (χ2n) is 5.55. The van der Waals surface area contributed by atoms with Crippen molar-refractivity contribution in [2.75, 3.05) is 0 Å². The molecule has 19 heavy (non-hydrogen) atoms. The summed E-state index contributed by atoms with van der Waals surface area (Å²) in [6, 6.07) is 15.6. The van der Waals surface area contributed by atoms with Gasteiger partial charge in [0, 0.05) is 21.2 Å². The van der Waals surface area contributed by atoms with Crippen LogP contribution in [0.1, 0.15) is 35.1 Å². The van der Waals surface area contributed by atoms with Crippen LogP contribution in [0.3, 0.4) is 0 Å². The highest BCUT2D eigenvalue weighted by Crippen LogP contribution is 2.51. The van der Waals surface area contributed by atoms with Gasteiger partial charge >= 0.3 is 0 Å². The van der Waals surface area contributed by atoms with Crippen molar-refractivity contribution in [3.8, 4) is 0 Å². The molecule has 1 nitrogen and oxygen atoms in total. The molecule has 1 atom stereocenters. The molecule has 2 heteroatoms. The van der Waals surface area contributed by atoms with Gasteiger partial charge in [-0.25, -0.2) is 0 Å². The Balaban J connectivity index is 1.75. The molecule has 100 valence electrons. The highest BCUT2D eigenvalue weighted by Gasteiger charge is 2.48. The van der Waals surface area contributed by atoms with Crippen LogP contribution in [0, 0.1) is 0 Å². The molecule has 0 radical (unpaired) electrons. The van der Waals surface area contributed by atoms with E-state index in [4.69, 9.17) is 5.73 Å². The van der Waals surface area contributed by atoms with Crippen LogP contribution < -0.4 is 5.73 Å². The fourth-order valence-electron chi connectivity index (χ4n) is 2.91. The lowest BCUT2D eigenvalue weighted by Crippen LogP contribution is -2.36. The summed E-state index contributed by atoms with van der Waals surface area (Å²) in [7, 11) is 0. The van der Waals surface area contributed by atoms with Gasteiger partial charge in [-0.3, -0.25) is 0 Å². The smallest absolute Gasteiger partial charge is 0.0185 e. The van der Waals surface area contributed by atoms with E-state index in [-0.39, 0.29) is 11.5 Å². The van der Waals surface area contributed by atoms with Crippen molar-refractivity contribution in [3.05, 3.63) is 57.8 Å². The standard InChI is InChI=1S/C17H21NS/c1-2-14-8-9-15(19-14)12-16(18)17(10-11-17)13-6-4-3-5-7-13/h3-9,16H,2,10-12,18H2,1H3. The van der Waals surface area contributed by atoms with Gasteiger partial charge in [-0.2, -0.15) is 0 Å². The monoisotopic (exact) mass is 271 g/mol. The Hall–Kier alpha value is -1.12. The first-order valence-electron chi connectivity index (χ1n) is 7.13. The van der Waals surface area contributed by atoms with Gasteiger partial charge in [0.1, 0.15) is 0 Å². The maximum Gasteiger partial charge on any atom is 0.0185 e. The van der Waals surface area contributed by atoms with Crippen LogP contribution in [0.2, 0.25) is 0 Å². The van der Waals surface area contributed by atoms with Gasteiger partial charge in [0.25, 0.3) is 0 Å². The molecule has 0 spiro atoms. The predicted octanol–water partition coefficient (Wildman–Crippen LogP) is 3.91. The van der Waals surface area contributed by atoms with Gasteiger partial charge in [-0.1, -0.05) is 37.3 Å². The summed E-state index contributed by atoms with van der Waals surface area (Å²) in [6.07, 6.45) is 4.62. The predicted molar refractivity (Wildman–Crippen MR) is 82.7 cm³/mol. The Kier molecular flexibility index (Phi) is 3.46. The topological polar surface area (TPSA) is 26.0 Å². The Morgan fingerprint density at radius 3 is 2.37 bits per heavy atom. The van der Waals surface area contributed by atoms with Crippen LogP contribution in [0.25, 0.3) is 0 Å². The molecule has 1 heterocycles. The molecular weight excluding hydrogens is 250 g/mol. The first-order chi connectivity index (χ1) is 9.24. The van der Waals surface area contributed by atoms with Crippen molar-refractivity contribution >= 4 is 11.3 Å².